The van der Waals surface area contributed by atoms with Crippen molar-refractivity contribution in [1.29, 1.82) is 0 Å². The Kier molecular flexibility index (Phi) is 4.83. The zero-order chi connectivity index (χ0) is 17.8. The molecule has 1 N–H and O–H groups in total. The molecule has 0 saturated carbocycles. The molecule has 0 radical (unpaired) electrons. The fourth-order valence-corrected chi connectivity index (χ4v) is 2.55. The van der Waals surface area contributed by atoms with Crippen LogP contribution in [0.1, 0.15) is 15.9 Å². The summed E-state index contributed by atoms with van der Waals surface area (Å²) in [6.45, 7) is 0.572. The lowest BCUT2D eigenvalue weighted by atomic mass is 10.1. The molecule has 1 aliphatic rings. The van der Waals surface area contributed by atoms with Crippen molar-refractivity contribution in [2.24, 2.45) is 0 Å². The van der Waals surface area contributed by atoms with Gasteiger partial charge in [-0.1, -0.05) is 6.07 Å². The standard InChI is InChI=1S/C18H19NO6/c1-21-15-7-12(8-16(22-2)17(15)23-3)18(20)19-9-11-4-5-13-14(6-11)25-10-24-13/h4-8H,9-10H2,1-3H3,(H,19,20). The van der Waals surface area contributed by atoms with E-state index >= 15 is 0 Å². The first-order valence-corrected chi connectivity index (χ1v) is 7.63. The molecule has 0 spiro atoms. The van der Waals surface area contributed by atoms with Crippen molar-refractivity contribution in [3.8, 4) is 28.7 Å². The maximum Gasteiger partial charge on any atom is 0.251 e. The summed E-state index contributed by atoms with van der Waals surface area (Å²) in [7, 11) is 4.52. The van der Waals surface area contributed by atoms with Gasteiger partial charge in [0, 0.05) is 12.1 Å². The van der Waals surface area contributed by atoms with Gasteiger partial charge in [0.25, 0.3) is 5.91 Å². The van der Waals surface area contributed by atoms with E-state index < -0.39 is 0 Å². The lowest BCUT2D eigenvalue weighted by molar-refractivity contribution is 0.0950. The van der Waals surface area contributed by atoms with Crippen LogP contribution in [0.2, 0.25) is 0 Å². The van der Waals surface area contributed by atoms with E-state index in [9.17, 15) is 4.79 Å². The molecule has 1 amide bonds. The van der Waals surface area contributed by atoms with Crippen molar-refractivity contribution in [1.82, 2.24) is 5.32 Å². The second-order valence-corrected chi connectivity index (χ2v) is 5.28. The Morgan fingerprint density at radius 3 is 2.32 bits per heavy atom. The topological polar surface area (TPSA) is 75.3 Å². The number of ether oxygens (including phenoxy) is 5. The zero-order valence-electron chi connectivity index (χ0n) is 14.3. The molecular formula is C18H19NO6. The van der Waals surface area contributed by atoms with Crippen LogP contribution in [0.3, 0.4) is 0 Å². The number of benzene rings is 2. The molecular weight excluding hydrogens is 326 g/mol. The van der Waals surface area contributed by atoms with Crippen LogP contribution in [0.5, 0.6) is 28.7 Å². The second kappa shape index (κ2) is 7.21. The van der Waals surface area contributed by atoms with Gasteiger partial charge in [-0.25, -0.2) is 0 Å². The summed E-state index contributed by atoms with van der Waals surface area (Å²) >= 11 is 0. The Labute approximate surface area is 145 Å². The Balaban J connectivity index is 1.74. The highest BCUT2D eigenvalue weighted by Crippen LogP contribution is 2.38. The maximum absolute atomic E-state index is 12.5. The molecule has 0 bridgehead atoms. The molecule has 1 aliphatic heterocycles. The Morgan fingerprint density at radius 1 is 1.00 bits per heavy atom. The SMILES string of the molecule is COc1cc(C(=O)NCc2ccc3c(c2)OCO3)cc(OC)c1OC. The number of amides is 1. The summed E-state index contributed by atoms with van der Waals surface area (Å²) in [6, 6.07) is 8.76. The number of nitrogens with one attached hydrogen (secondary N) is 1. The number of hydrogen-bond acceptors (Lipinski definition) is 6. The molecule has 1 heterocycles. The third-order valence-corrected chi connectivity index (χ3v) is 3.82. The number of hydrogen-bond donors (Lipinski definition) is 1. The first kappa shape index (κ1) is 16.8. The third-order valence-electron chi connectivity index (χ3n) is 3.82. The van der Waals surface area contributed by atoms with Crippen LogP contribution in [0.15, 0.2) is 30.3 Å². The van der Waals surface area contributed by atoms with E-state index in [1.54, 1.807) is 12.1 Å². The van der Waals surface area contributed by atoms with Gasteiger partial charge in [0.2, 0.25) is 12.5 Å². The molecule has 2 aromatic carbocycles. The average molecular weight is 345 g/mol. The maximum atomic E-state index is 12.5. The predicted molar refractivity (Wildman–Crippen MR) is 89.8 cm³/mol. The van der Waals surface area contributed by atoms with Crippen molar-refractivity contribution in [2.45, 2.75) is 6.54 Å². The molecule has 0 aromatic heterocycles. The van der Waals surface area contributed by atoms with Gasteiger partial charge in [0.1, 0.15) is 0 Å². The fourth-order valence-electron chi connectivity index (χ4n) is 2.55. The van der Waals surface area contributed by atoms with Crippen molar-refractivity contribution in [3.63, 3.8) is 0 Å². The van der Waals surface area contributed by atoms with E-state index in [1.165, 1.54) is 21.3 Å². The largest absolute Gasteiger partial charge is 0.493 e. The Bertz CT molecular complexity index is 764. The van der Waals surface area contributed by atoms with Crippen LogP contribution in [0, 0.1) is 0 Å². The molecule has 132 valence electrons. The van der Waals surface area contributed by atoms with Crippen LogP contribution < -0.4 is 29.0 Å². The normalized spacial score (nSPS) is 11.8. The molecule has 0 fully saturated rings. The number of fused-ring (bicyclic) bond motifs is 1. The fraction of sp³-hybridized carbons (Fsp3) is 0.278. The van der Waals surface area contributed by atoms with Crippen molar-refractivity contribution in [2.75, 3.05) is 28.1 Å². The van der Waals surface area contributed by atoms with Crippen molar-refractivity contribution in [3.05, 3.63) is 41.5 Å². The first-order chi connectivity index (χ1) is 12.2. The zero-order valence-corrected chi connectivity index (χ0v) is 14.3. The van der Waals surface area contributed by atoms with Crippen molar-refractivity contribution >= 4 is 5.91 Å². The van der Waals surface area contributed by atoms with Crippen LogP contribution in [0.25, 0.3) is 0 Å². The van der Waals surface area contributed by atoms with Gasteiger partial charge >= 0.3 is 0 Å². The number of methoxy groups -OCH3 is 3. The highest BCUT2D eigenvalue weighted by atomic mass is 16.7. The van der Waals surface area contributed by atoms with Crippen LogP contribution >= 0.6 is 0 Å². The minimum absolute atomic E-state index is 0.219. The van der Waals surface area contributed by atoms with Gasteiger partial charge in [-0.3, -0.25) is 4.79 Å². The average Bonchev–Trinajstić information content (AvgIpc) is 3.12. The predicted octanol–water partition coefficient (Wildman–Crippen LogP) is 2.37. The summed E-state index contributed by atoms with van der Waals surface area (Å²) in [5, 5.41) is 2.86. The third kappa shape index (κ3) is 3.40. The van der Waals surface area contributed by atoms with Crippen LogP contribution in [-0.2, 0) is 6.54 Å². The van der Waals surface area contributed by atoms with Gasteiger partial charge < -0.3 is 29.0 Å². The summed E-state index contributed by atoms with van der Waals surface area (Å²) < 4.78 is 26.4. The Hall–Kier alpha value is -3.09. The van der Waals surface area contributed by atoms with Gasteiger partial charge in [0.05, 0.1) is 21.3 Å². The van der Waals surface area contributed by atoms with Crippen LogP contribution in [-0.4, -0.2) is 34.0 Å². The Morgan fingerprint density at radius 2 is 1.68 bits per heavy atom. The molecule has 0 unspecified atom stereocenters. The lowest BCUT2D eigenvalue weighted by Crippen LogP contribution is -2.23. The first-order valence-electron chi connectivity index (χ1n) is 7.63. The van der Waals surface area contributed by atoms with Crippen LogP contribution in [0.4, 0.5) is 0 Å². The molecule has 25 heavy (non-hydrogen) atoms. The lowest BCUT2D eigenvalue weighted by Gasteiger charge is -2.14. The van der Waals surface area contributed by atoms with Gasteiger partial charge in [0.15, 0.2) is 23.0 Å². The highest BCUT2D eigenvalue weighted by Gasteiger charge is 2.17. The number of carbonyl (C=O) groups is 1. The minimum atomic E-state index is -0.253. The highest BCUT2D eigenvalue weighted by molar-refractivity contribution is 5.95. The van der Waals surface area contributed by atoms with E-state index in [-0.39, 0.29) is 12.7 Å². The molecule has 0 aliphatic carbocycles. The van der Waals surface area contributed by atoms with E-state index in [0.29, 0.717) is 40.9 Å². The second-order valence-electron chi connectivity index (χ2n) is 5.28. The minimum Gasteiger partial charge on any atom is -0.493 e. The van der Waals surface area contributed by atoms with Gasteiger partial charge in [-0.2, -0.15) is 0 Å². The molecule has 7 heteroatoms. The summed E-state index contributed by atoms with van der Waals surface area (Å²) in [6.07, 6.45) is 0. The van der Waals surface area contributed by atoms with E-state index in [4.69, 9.17) is 23.7 Å². The monoisotopic (exact) mass is 345 g/mol. The molecule has 2 aromatic rings. The smallest absolute Gasteiger partial charge is 0.251 e. The van der Waals surface area contributed by atoms with Gasteiger partial charge in [-0.05, 0) is 29.8 Å². The molecule has 0 atom stereocenters. The summed E-state index contributed by atoms with van der Waals surface area (Å²) in [5.41, 5.74) is 1.32. The number of rotatable bonds is 6. The van der Waals surface area contributed by atoms with E-state index in [1.807, 2.05) is 18.2 Å². The number of carbonyl (C=O) groups excluding carboxylic acids is 1. The van der Waals surface area contributed by atoms with E-state index in [0.717, 1.165) is 5.56 Å². The molecule has 0 saturated heterocycles. The molecule has 3 rings (SSSR count). The molecule has 7 nitrogen and oxygen atoms in total. The van der Waals surface area contributed by atoms with E-state index in [2.05, 4.69) is 5.32 Å². The van der Waals surface area contributed by atoms with Crippen molar-refractivity contribution < 1.29 is 28.5 Å². The van der Waals surface area contributed by atoms with Gasteiger partial charge in [-0.15, -0.1) is 0 Å². The summed E-state index contributed by atoms with van der Waals surface area (Å²) in [5.74, 6) is 2.43. The quantitative estimate of drug-likeness (QED) is 0.866. The summed E-state index contributed by atoms with van der Waals surface area (Å²) in [4.78, 5) is 12.5.